The zero-order chi connectivity index (χ0) is 6.66. The van der Waals surface area contributed by atoms with Crippen LogP contribution in [-0.4, -0.2) is 13.1 Å². The van der Waals surface area contributed by atoms with Crippen LogP contribution in [0.15, 0.2) is 0 Å². The second-order valence-electron chi connectivity index (χ2n) is 4.81. The Kier molecular flexibility index (Phi) is 1.53. The fraction of sp³-hybridized carbons (Fsp3) is 1.00. The van der Waals surface area contributed by atoms with Gasteiger partial charge in [0.15, 0.2) is 0 Å². The summed E-state index contributed by atoms with van der Waals surface area (Å²) in [5, 5.41) is 3.39. The molecule has 1 N–H and O–H groups in total. The number of nitrogens with one attached hydrogen (secondary N) is 1. The Morgan fingerprint density at radius 3 is 1.82 bits per heavy atom. The zero-order valence-electron chi connectivity index (χ0n) is 6.86. The zero-order valence-corrected chi connectivity index (χ0v) is 7.67. The van der Waals surface area contributed by atoms with Crippen LogP contribution in [0.2, 0.25) is 0 Å². The molecule has 0 amide bonds. The molecule has 64 valence electrons. The molecule has 1 heterocycles. The van der Waals surface area contributed by atoms with Gasteiger partial charge in [0.05, 0.1) is 0 Å². The van der Waals surface area contributed by atoms with Crippen LogP contribution in [0.25, 0.3) is 0 Å². The highest BCUT2D eigenvalue weighted by molar-refractivity contribution is 5.85. The maximum Gasteiger partial charge on any atom is 0.00206 e. The SMILES string of the molecule is C1CC2(C1)CC1(CNC1)C2.Cl. The fourth-order valence-electron chi connectivity index (χ4n) is 3.30. The highest BCUT2D eigenvalue weighted by Crippen LogP contribution is 2.65. The van der Waals surface area contributed by atoms with E-state index in [1.165, 1.54) is 19.5 Å². The van der Waals surface area contributed by atoms with E-state index in [0.29, 0.717) is 0 Å². The van der Waals surface area contributed by atoms with E-state index in [9.17, 15) is 0 Å². The number of hydrogen-bond acceptors (Lipinski definition) is 1. The van der Waals surface area contributed by atoms with Crippen LogP contribution in [-0.2, 0) is 0 Å². The molecule has 0 unspecified atom stereocenters. The van der Waals surface area contributed by atoms with E-state index in [2.05, 4.69) is 5.32 Å². The van der Waals surface area contributed by atoms with Gasteiger partial charge in [0.1, 0.15) is 0 Å². The minimum Gasteiger partial charge on any atom is -0.316 e. The van der Waals surface area contributed by atoms with Gasteiger partial charge in [0.25, 0.3) is 0 Å². The molecule has 0 aromatic rings. The van der Waals surface area contributed by atoms with Crippen LogP contribution in [0, 0.1) is 10.8 Å². The molecule has 2 heteroatoms. The van der Waals surface area contributed by atoms with Crippen molar-refractivity contribution < 1.29 is 0 Å². The maximum atomic E-state index is 3.39. The standard InChI is InChI=1S/C9H15N.ClH/c1-2-8(3-1)4-9(5-8)6-10-7-9;/h10H,1-7H2;1H. The molecular weight excluding hydrogens is 158 g/mol. The van der Waals surface area contributed by atoms with Crippen LogP contribution in [0.1, 0.15) is 32.1 Å². The van der Waals surface area contributed by atoms with Gasteiger partial charge in [-0.05, 0) is 36.5 Å². The quantitative estimate of drug-likeness (QED) is 0.591. The third-order valence-electron chi connectivity index (χ3n) is 3.91. The van der Waals surface area contributed by atoms with E-state index in [-0.39, 0.29) is 12.4 Å². The van der Waals surface area contributed by atoms with Crippen LogP contribution in [0.5, 0.6) is 0 Å². The molecule has 11 heavy (non-hydrogen) atoms. The van der Waals surface area contributed by atoms with Crippen molar-refractivity contribution in [2.75, 3.05) is 13.1 Å². The topological polar surface area (TPSA) is 12.0 Å². The van der Waals surface area contributed by atoms with Gasteiger partial charge in [0.2, 0.25) is 0 Å². The van der Waals surface area contributed by atoms with Crippen LogP contribution in [0.4, 0.5) is 0 Å². The molecule has 0 aromatic carbocycles. The van der Waals surface area contributed by atoms with Crippen molar-refractivity contribution in [3.63, 3.8) is 0 Å². The molecule has 0 aromatic heterocycles. The van der Waals surface area contributed by atoms with Crippen molar-refractivity contribution in [1.82, 2.24) is 5.32 Å². The van der Waals surface area contributed by atoms with Gasteiger partial charge < -0.3 is 5.32 Å². The Balaban J connectivity index is 0.000000480. The lowest BCUT2D eigenvalue weighted by Crippen LogP contribution is -2.65. The second kappa shape index (κ2) is 2.14. The number of rotatable bonds is 0. The van der Waals surface area contributed by atoms with Crippen molar-refractivity contribution in [2.45, 2.75) is 32.1 Å². The predicted octanol–water partition coefficient (Wildman–Crippen LogP) is 1.96. The van der Waals surface area contributed by atoms with E-state index < -0.39 is 0 Å². The summed E-state index contributed by atoms with van der Waals surface area (Å²) in [4.78, 5) is 0. The van der Waals surface area contributed by atoms with Gasteiger partial charge in [-0.2, -0.15) is 0 Å². The Labute approximate surface area is 74.3 Å². The molecule has 0 radical (unpaired) electrons. The highest BCUT2D eigenvalue weighted by Gasteiger charge is 2.58. The van der Waals surface area contributed by atoms with Crippen molar-refractivity contribution in [3.8, 4) is 0 Å². The summed E-state index contributed by atoms with van der Waals surface area (Å²) < 4.78 is 0. The molecular formula is C9H16ClN. The van der Waals surface area contributed by atoms with E-state index in [1.54, 1.807) is 25.7 Å². The Bertz CT molecular complexity index is 142. The number of halogens is 1. The van der Waals surface area contributed by atoms with E-state index in [0.717, 1.165) is 10.8 Å². The van der Waals surface area contributed by atoms with Crippen LogP contribution in [0.3, 0.4) is 0 Å². The Morgan fingerprint density at radius 2 is 1.55 bits per heavy atom. The third-order valence-corrected chi connectivity index (χ3v) is 3.91. The normalized spacial score (nSPS) is 34.9. The summed E-state index contributed by atoms with van der Waals surface area (Å²) in [7, 11) is 0. The molecule has 2 saturated carbocycles. The molecule has 1 aliphatic heterocycles. The van der Waals surface area contributed by atoms with Gasteiger partial charge >= 0.3 is 0 Å². The van der Waals surface area contributed by atoms with Gasteiger partial charge in [-0.1, -0.05) is 6.42 Å². The number of hydrogen-bond donors (Lipinski definition) is 1. The highest BCUT2D eigenvalue weighted by atomic mass is 35.5. The Hall–Kier alpha value is 0.250. The molecule has 2 aliphatic carbocycles. The van der Waals surface area contributed by atoms with E-state index in [1.807, 2.05) is 0 Å². The average molecular weight is 174 g/mol. The second-order valence-corrected chi connectivity index (χ2v) is 4.81. The van der Waals surface area contributed by atoms with Crippen LogP contribution < -0.4 is 5.32 Å². The first-order chi connectivity index (χ1) is 4.83. The molecule has 0 bridgehead atoms. The van der Waals surface area contributed by atoms with Gasteiger partial charge in [-0.3, -0.25) is 0 Å². The molecule has 3 rings (SSSR count). The first-order valence-electron chi connectivity index (χ1n) is 4.54. The molecule has 3 fully saturated rings. The minimum atomic E-state index is 0. The smallest absolute Gasteiger partial charge is 0.00206 e. The molecule has 1 nitrogen and oxygen atoms in total. The largest absolute Gasteiger partial charge is 0.316 e. The van der Waals surface area contributed by atoms with Crippen LogP contribution >= 0.6 is 12.4 Å². The summed E-state index contributed by atoms with van der Waals surface area (Å²) in [5.41, 5.74) is 1.71. The molecule has 2 spiro atoms. The monoisotopic (exact) mass is 173 g/mol. The van der Waals surface area contributed by atoms with Crippen molar-refractivity contribution >= 4 is 12.4 Å². The first-order valence-corrected chi connectivity index (χ1v) is 4.54. The predicted molar refractivity (Wildman–Crippen MR) is 48.1 cm³/mol. The third kappa shape index (κ3) is 0.874. The van der Waals surface area contributed by atoms with Gasteiger partial charge in [-0.15, -0.1) is 12.4 Å². The molecule has 0 atom stereocenters. The lowest BCUT2D eigenvalue weighted by atomic mass is 9.43. The molecule has 1 saturated heterocycles. The van der Waals surface area contributed by atoms with Gasteiger partial charge in [0, 0.05) is 13.1 Å². The summed E-state index contributed by atoms with van der Waals surface area (Å²) in [6.07, 6.45) is 7.74. The summed E-state index contributed by atoms with van der Waals surface area (Å²) in [6, 6.07) is 0. The minimum absolute atomic E-state index is 0. The van der Waals surface area contributed by atoms with E-state index in [4.69, 9.17) is 0 Å². The average Bonchev–Trinajstić information content (AvgIpc) is 1.52. The van der Waals surface area contributed by atoms with Crippen molar-refractivity contribution in [3.05, 3.63) is 0 Å². The lowest BCUT2D eigenvalue weighted by molar-refractivity contribution is -0.123. The first kappa shape index (κ1) is 7.88. The summed E-state index contributed by atoms with van der Waals surface area (Å²) >= 11 is 0. The van der Waals surface area contributed by atoms with Crippen molar-refractivity contribution in [1.29, 1.82) is 0 Å². The summed E-state index contributed by atoms with van der Waals surface area (Å²) in [5.74, 6) is 0. The fourth-order valence-corrected chi connectivity index (χ4v) is 3.30. The summed E-state index contributed by atoms with van der Waals surface area (Å²) in [6.45, 7) is 2.66. The van der Waals surface area contributed by atoms with E-state index >= 15 is 0 Å². The lowest BCUT2D eigenvalue weighted by Gasteiger charge is -2.65. The van der Waals surface area contributed by atoms with Gasteiger partial charge in [-0.25, -0.2) is 0 Å². The Morgan fingerprint density at radius 1 is 0.909 bits per heavy atom. The maximum absolute atomic E-state index is 3.39. The molecule has 3 aliphatic rings. The van der Waals surface area contributed by atoms with Crippen molar-refractivity contribution in [2.24, 2.45) is 10.8 Å².